The third-order valence-electron chi connectivity index (χ3n) is 1.73. The Morgan fingerprint density at radius 1 is 1.41 bits per heavy atom. The summed E-state index contributed by atoms with van der Waals surface area (Å²) in [4.78, 5) is 22.7. The van der Waals surface area contributed by atoms with Gasteiger partial charge in [-0.15, -0.1) is 0 Å². The molecule has 0 fully saturated rings. The zero-order valence-corrected chi connectivity index (χ0v) is 10.6. The molecule has 0 aromatic heterocycles. The van der Waals surface area contributed by atoms with Gasteiger partial charge in [0.2, 0.25) is 0 Å². The fraction of sp³-hybridized carbons (Fsp3) is 0.636. The Balaban J connectivity index is 4.42. The van der Waals surface area contributed by atoms with E-state index in [1.165, 1.54) is 5.48 Å². The molecule has 0 aliphatic rings. The number of ether oxygens (including phenoxy) is 1. The lowest BCUT2D eigenvalue weighted by Crippen LogP contribution is -2.47. The van der Waals surface area contributed by atoms with Crippen LogP contribution in [0.3, 0.4) is 0 Å². The molecule has 0 aliphatic heterocycles. The summed E-state index contributed by atoms with van der Waals surface area (Å²) in [7, 11) is 0. The molecule has 6 heteroatoms. The van der Waals surface area contributed by atoms with Crippen LogP contribution in [0.15, 0.2) is 12.2 Å². The molecule has 0 radical (unpaired) electrons. The minimum Gasteiger partial charge on any atom is -0.444 e. The van der Waals surface area contributed by atoms with Gasteiger partial charge in [0.05, 0.1) is 0 Å². The molecule has 0 saturated heterocycles. The monoisotopic (exact) mass is 244 g/mol. The zero-order valence-electron chi connectivity index (χ0n) is 10.6. The van der Waals surface area contributed by atoms with E-state index in [4.69, 9.17) is 9.94 Å². The van der Waals surface area contributed by atoms with Crippen molar-refractivity contribution >= 4 is 12.0 Å². The Labute approximate surface area is 101 Å². The molecule has 0 aromatic carbocycles. The van der Waals surface area contributed by atoms with Crippen LogP contribution in [-0.2, 0) is 9.53 Å². The predicted molar refractivity (Wildman–Crippen MR) is 62.5 cm³/mol. The van der Waals surface area contributed by atoms with E-state index in [-0.39, 0.29) is 6.42 Å². The summed E-state index contributed by atoms with van der Waals surface area (Å²) in [5, 5.41) is 10.9. The van der Waals surface area contributed by atoms with Crippen molar-refractivity contribution in [1.82, 2.24) is 10.8 Å². The number of carbonyl (C=O) groups excluding carboxylic acids is 2. The smallest absolute Gasteiger partial charge is 0.408 e. The van der Waals surface area contributed by atoms with E-state index in [2.05, 4.69) is 5.32 Å². The second-order valence-corrected chi connectivity index (χ2v) is 4.48. The minimum atomic E-state index is -0.856. The van der Waals surface area contributed by atoms with E-state index >= 15 is 0 Å². The minimum absolute atomic E-state index is 0.280. The molecule has 0 aliphatic carbocycles. The van der Waals surface area contributed by atoms with Crippen LogP contribution in [0, 0.1) is 0 Å². The Hall–Kier alpha value is -1.56. The second-order valence-electron chi connectivity index (χ2n) is 4.48. The Morgan fingerprint density at radius 2 is 2.00 bits per heavy atom. The number of nitrogens with one attached hydrogen (secondary N) is 2. The van der Waals surface area contributed by atoms with Crippen LogP contribution in [0.4, 0.5) is 4.79 Å². The van der Waals surface area contributed by atoms with Gasteiger partial charge in [0.1, 0.15) is 11.6 Å². The first kappa shape index (κ1) is 15.4. The topological polar surface area (TPSA) is 87.7 Å². The van der Waals surface area contributed by atoms with Crippen molar-refractivity contribution in [1.29, 1.82) is 0 Å². The summed E-state index contributed by atoms with van der Waals surface area (Å²) < 4.78 is 5.01. The summed E-state index contributed by atoms with van der Waals surface area (Å²) >= 11 is 0. The highest BCUT2D eigenvalue weighted by atomic mass is 16.6. The maximum absolute atomic E-state index is 11.4. The van der Waals surface area contributed by atoms with Crippen LogP contribution in [-0.4, -0.2) is 28.9 Å². The molecular formula is C11H20N2O4. The quantitative estimate of drug-likeness (QED) is 0.396. The van der Waals surface area contributed by atoms with Gasteiger partial charge in [-0.1, -0.05) is 12.2 Å². The van der Waals surface area contributed by atoms with Crippen molar-refractivity contribution < 1.29 is 19.5 Å². The van der Waals surface area contributed by atoms with Crippen molar-refractivity contribution in [3.63, 3.8) is 0 Å². The molecule has 0 aromatic rings. The first-order valence-electron chi connectivity index (χ1n) is 5.34. The summed E-state index contributed by atoms with van der Waals surface area (Å²) in [6.45, 7) is 6.96. The van der Waals surface area contributed by atoms with Crippen LogP contribution < -0.4 is 10.8 Å². The first-order valence-corrected chi connectivity index (χ1v) is 5.34. The molecule has 3 N–H and O–H groups in total. The Kier molecular flexibility index (Phi) is 6.27. The van der Waals surface area contributed by atoms with Crippen LogP contribution in [0.25, 0.3) is 0 Å². The number of amides is 2. The van der Waals surface area contributed by atoms with Crippen molar-refractivity contribution in [2.75, 3.05) is 0 Å². The van der Waals surface area contributed by atoms with Crippen LogP contribution in [0.2, 0.25) is 0 Å². The molecule has 2 amide bonds. The van der Waals surface area contributed by atoms with Gasteiger partial charge in [-0.25, -0.2) is 10.3 Å². The summed E-state index contributed by atoms with van der Waals surface area (Å²) in [6.07, 6.45) is 3.03. The maximum Gasteiger partial charge on any atom is 0.408 e. The molecule has 17 heavy (non-hydrogen) atoms. The van der Waals surface area contributed by atoms with Gasteiger partial charge in [-0.3, -0.25) is 10.0 Å². The molecule has 98 valence electrons. The average Bonchev–Trinajstić information content (AvgIpc) is 2.20. The number of hydrogen-bond acceptors (Lipinski definition) is 4. The molecule has 0 rings (SSSR count). The fourth-order valence-corrected chi connectivity index (χ4v) is 1.03. The lowest BCUT2D eigenvalue weighted by atomic mass is 10.2. The van der Waals surface area contributed by atoms with Gasteiger partial charge < -0.3 is 10.1 Å². The number of hydrogen-bond donors (Lipinski definition) is 3. The average molecular weight is 244 g/mol. The van der Waals surface area contributed by atoms with Crippen molar-refractivity contribution in [2.24, 2.45) is 0 Å². The van der Waals surface area contributed by atoms with E-state index in [0.717, 1.165) is 0 Å². The van der Waals surface area contributed by atoms with E-state index in [1.807, 2.05) is 0 Å². The number of allylic oxidation sites excluding steroid dienone is 1. The Bertz CT molecular complexity index is 294. The fourth-order valence-electron chi connectivity index (χ4n) is 1.03. The Morgan fingerprint density at radius 3 is 2.41 bits per heavy atom. The highest BCUT2D eigenvalue weighted by Crippen LogP contribution is 2.07. The van der Waals surface area contributed by atoms with E-state index < -0.39 is 23.6 Å². The SMILES string of the molecule is C/C=C\C[C@H](NC(=O)OC(C)(C)C)C(=O)NO. The van der Waals surface area contributed by atoms with E-state index in [0.29, 0.717) is 0 Å². The molecule has 0 bridgehead atoms. The number of rotatable bonds is 4. The maximum atomic E-state index is 11.4. The van der Waals surface area contributed by atoms with E-state index in [9.17, 15) is 9.59 Å². The third-order valence-corrected chi connectivity index (χ3v) is 1.73. The summed E-state index contributed by atoms with van der Waals surface area (Å²) in [6, 6.07) is -0.856. The van der Waals surface area contributed by atoms with Gasteiger partial charge in [0.25, 0.3) is 5.91 Å². The van der Waals surface area contributed by atoms with Crippen molar-refractivity contribution in [2.45, 2.75) is 45.8 Å². The molecule has 1 atom stereocenters. The second kappa shape index (κ2) is 6.90. The number of alkyl carbamates (subject to hydrolysis) is 1. The van der Waals surface area contributed by atoms with Gasteiger partial charge >= 0.3 is 6.09 Å². The lowest BCUT2D eigenvalue weighted by Gasteiger charge is -2.22. The van der Waals surface area contributed by atoms with Crippen LogP contribution >= 0.6 is 0 Å². The highest BCUT2D eigenvalue weighted by molar-refractivity contribution is 5.84. The van der Waals surface area contributed by atoms with Gasteiger partial charge in [0.15, 0.2) is 0 Å². The predicted octanol–water partition coefficient (Wildman–Crippen LogP) is 1.35. The molecular weight excluding hydrogens is 224 g/mol. The molecule has 0 heterocycles. The van der Waals surface area contributed by atoms with Crippen LogP contribution in [0.1, 0.15) is 34.1 Å². The zero-order chi connectivity index (χ0) is 13.5. The molecule has 6 nitrogen and oxygen atoms in total. The summed E-state index contributed by atoms with van der Waals surface area (Å²) in [5.74, 6) is -0.686. The normalized spacial score (nSPS) is 13.2. The van der Waals surface area contributed by atoms with E-state index in [1.54, 1.807) is 39.8 Å². The standard InChI is InChI=1S/C11H20N2O4/c1-5-6-7-8(9(14)13-16)12-10(15)17-11(2,3)4/h5-6,8,16H,7H2,1-4H3,(H,12,15)(H,13,14)/b6-5-/t8-/m0/s1. The molecule has 0 unspecified atom stereocenters. The largest absolute Gasteiger partial charge is 0.444 e. The van der Waals surface area contributed by atoms with Gasteiger partial charge in [0, 0.05) is 0 Å². The third kappa shape index (κ3) is 7.35. The van der Waals surface area contributed by atoms with Crippen molar-refractivity contribution in [3.05, 3.63) is 12.2 Å². The van der Waals surface area contributed by atoms with Gasteiger partial charge in [-0.2, -0.15) is 0 Å². The summed E-state index contributed by atoms with van der Waals surface area (Å²) in [5.41, 5.74) is 0.865. The van der Waals surface area contributed by atoms with Crippen LogP contribution in [0.5, 0.6) is 0 Å². The molecule has 0 saturated carbocycles. The molecule has 0 spiro atoms. The van der Waals surface area contributed by atoms with Gasteiger partial charge in [-0.05, 0) is 34.1 Å². The lowest BCUT2D eigenvalue weighted by molar-refractivity contribution is -0.131. The number of hydroxylamine groups is 1. The highest BCUT2D eigenvalue weighted by Gasteiger charge is 2.22. The number of carbonyl (C=O) groups is 2. The van der Waals surface area contributed by atoms with Crippen molar-refractivity contribution in [3.8, 4) is 0 Å². The first-order chi connectivity index (χ1) is 7.80.